The fraction of sp³-hybridized carbons (Fsp3) is 0.588. The third-order valence-electron chi connectivity index (χ3n) is 4.58. The van der Waals surface area contributed by atoms with Crippen LogP contribution in [0.4, 0.5) is 0 Å². The van der Waals surface area contributed by atoms with E-state index in [1.807, 2.05) is 31.2 Å². The van der Waals surface area contributed by atoms with Gasteiger partial charge in [-0.05, 0) is 43.9 Å². The van der Waals surface area contributed by atoms with Gasteiger partial charge in [-0.3, -0.25) is 4.79 Å². The molecule has 1 aliphatic heterocycles. The molecule has 1 atom stereocenters. The molecule has 1 aromatic carbocycles. The maximum absolute atomic E-state index is 12.5. The molecule has 0 aromatic heterocycles. The van der Waals surface area contributed by atoms with E-state index in [9.17, 15) is 13.2 Å². The van der Waals surface area contributed by atoms with Crippen LogP contribution >= 0.6 is 15.9 Å². The molecule has 1 amide bonds. The minimum absolute atomic E-state index is 0.0111. The molecule has 0 radical (unpaired) electrons. The first-order valence-electron chi connectivity index (χ1n) is 8.41. The van der Waals surface area contributed by atoms with Gasteiger partial charge in [0, 0.05) is 23.5 Å². The van der Waals surface area contributed by atoms with Crippen LogP contribution in [0.1, 0.15) is 44.7 Å². The van der Waals surface area contributed by atoms with E-state index in [4.69, 9.17) is 0 Å². The molecule has 1 saturated heterocycles. The lowest BCUT2D eigenvalue weighted by Crippen LogP contribution is -2.44. The second-order valence-electron chi connectivity index (χ2n) is 6.09. The van der Waals surface area contributed by atoms with Crippen molar-refractivity contribution in [1.82, 2.24) is 9.62 Å². The molecular weight excluding hydrogens is 392 g/mol. The molecule has 0 saturated carbocycles. The molecule has 0 bridgehead atoms. The van der Waals surface area contributed by atoms with Crippen molar-refractivity contribution < 1.29 is 13.2 Å². The Kier molecular flexibility index (Phi) is 6.83. The largest absolute Gasteiger partial charge is 0.349 e. The number of nitrogens with zero attached hydrogens (tertiary/aromatic N) is 1. The maximum atomic E-state index is 12.5. The molecule has 1 aliphatic rings. The minimum Gasteiger partial charge on any atom is -0.349 e. The summed E-state index contributed by atoms with van der Waals surface area (Å²) in [4.78, 5) is 12.5. The summed E-state index contributed by atoms with van der Waals surface area (Å²) in [7, 11) is -3.15. The number of carbonyl (C=O) groups excluding carboxylic acids is 1. The van der Waals surface area contributed by atoms with Crippen LogP contribution in [0.15, 0.2) is 28.7 Å². The lowest BCUT2D eigenvalue weighted by molar-refractivity contribution is -0.126. The monoisotopic (exact) mass is 416 g/mol. The lowest BCUT2D eigenvalue weighted by atomic mass is 9.96. The van der Waals surface area contributed by atoms with Gasteiger partial charge in [0.15, 0.2) is 0 Å². The van der Waals surface area contributed by atoms with Gasteiger partial charge in [-0.25, -0.2) is 12.7 Å². The minimum atomic E-state index is -3.15. The highest BCUT2D eigenvalue weighted by Crippen LogP contribution is 2.23. The maximum Gasteiger partial charge on any atom is 0.223 e. The molecule has 2 rings (SSSR count). The van der Waals surface area contributed by atoms with Crippen molar-refractivity contribution in [2.24, 2.45) is 5.92 Å². The Labute approximate surface area is 153 Å². The summed E-state index contributed by atoms with van der Waals surface area (Å²) >= 11 is 3.42. The van der Waals surface area contributed by atoms with E-state index in [1.54, 1.807) is 6.92 Å². The fourth-order valence-electron chi connectivity index (χ4n) is 2.98. The summed E-state index contributed by atoms with van der Waals surface area (Å²) < 4.78 is 26.3. The third kappa shape index (κ3) is 4.80. The number of piperidine rings is 1. The smallest absolute Gasteiger partial charge is 0.223 e. The van der Waals surface area contributed by atoms with Crippen molar-refractivity contribution in [3.8, 4) is 0 Å². The van der Waals surface area contributed by atoms with E-state index in [0.717, 1.165) is 16.5 Å². The summed E-state index contributed by atoms with van der Waals surface area (Å²) in [5.74, 6) is 0.0295. The molecule has 7 heteroatoms. The Morgan fingerprint density at radius 3 is 2.33 bits per heavy atom. The van der Waals surface area contributed by atoms with Gasteiger partial charge >= 0.3 is 0 Å². The number of carbonyl (C=O) groups is 1. The summed E-state index contributed by atoms with van der Waals surface area (Å²) in [5.41, 5.74) is 1.08. The predicted molar refractivity (Wildman–Crippen MR) is 99.1 cm³/mol. The molecule has 0 spiro atoms. The second-order valence-corrected chi connectivity index (χ2v) is 9.27. The van der Waals surface area contributed by atoms with Gasteiger partial charge in [0.1, 0.15) is 0 Å². The number of nitrogens with one attached hydrogen (secondary N) is 1. The standard InChI is InChI=1S/C17H25BrN2O3S/c1-3-16(13-5-7-15(18)8-6-13)19-17(21)14-9-11-20(12-10-14)24(22,23)4-2/h5-8,14,16H,3-4,9-12H2,1-2H3,(H,19,21). The Bertz CT molecular complexity index is 653. The highest BCUT2D eigenvalue weighted by atomic mass is 79.9. The van der Waals surface area contributed by atoms with Gasteiger partial charge in [-0.2, -0.15) is 0 Å². The first-order chi connectivity index (χ1) is 11.4. The molecule has 134 valence electrons. The van der Waals surface area contributed by atoms with Crippen LogP contribution in [0.5, 0.6) is 0 Å². The number of hydrogen-bond acceptors (Lipinski definition) is 3. The molecule has 1 fully saturated rings. The average Bonchev–Trinajstić information content (AvgIpc) is 2.60. The van der Waals surface area contributed by atoms with E-state index in [0.29, 0.717) is 25.9 Å². The topological polar surface area (TPSA) is 66.5 Å². The number of amides is 1. The van der Waals surface area contributed by atoms with Crippen LogP contribution < -0.4 is 5.32 Å². The number of rotatable bonds is 6. The van der Waals surface area contributed by atoms with Crippen LogP contribution in [-0.4, -0.2) is 37.5 Å². The third-order valence-corrected chi connectivity index (χ3v) is 6.99. The molecule has 0 aliphatic carbocycles. The van der Waals surface area contributed by atoms with Crippen LogP contribution in [0.2, 0.25) is 0 Å². The van der Waals surface area contributed by atoms with E-state index in [-0.39, 0.29) is 23.6 Å². The van der Waals surface area contributed by atoms with Gasteiger partial charge < -0.3 is 5.32 Å². The summed E-state index contributed by atoms with van der Waals surface area (Å²) in [5, 5.41) is 3.12. The van der Waals surface area contributed by atoms with Gasteiger partial charge in [-0.1, -0.05) is 35.0 Å². The van der Waals surface area contributed by atoms with Crippen molar-refractivity contribution in [1.29, 1.82) is 0 Å². The molecule has 1 heterocycles. The summed E-state index contributed by atoms with van der Waals surface area (Å²) in [6, 6.07) is 7.95. The molecule has 1 aromatic rings. The zero-order chi connectivity index (χ0) is 17.7. The van der Waals surface area contributed by atoms with Crippen molar-refractivity contribution in [2.75, 3.05) is 18.8 Å². The average molecular weight is 417 g/mol. The van der Waals surface area contributed by atoms with Crippen LogP contribution in [0, 0.1) is 5.92 Å². The molecule has 1 N–H and O–H groups in total. The van der Waals surface area contributed by atoms with Gasteiger partial charge in [0.25, 0.3) is 0 Å². The zero-order valence-electron chi connectivity index (χ0n) is 14.2. The van der Waals surface area contributed by atoms with Gasteiger partial charge in [0.05, 0.1) is 11.8 Å². The van der Waals surface area contributed by atoms with Crippen LogP contribution in [0.3, 0.4) is 0 Å². The molecule has 1 unspecified atom stereocenters. The zero-order valence-corrected chi connectivity index (χ0v) is 16.6. The highest BCUT2D eigenvalue weighted by Gasteiger charge is 2.30. The Morgan fingerprint density at radius 2 is 1.83 bits per heavy atom. The number of benzene rings is 1. The van der Waals surface area contributed by atoms with E-state index in [2.05, 4.69) is 21.2 Å². The van der Waals surface area contributed by atoms with Gasteiger partial charge in [0.2, 0.25) is 15.9 Å². The highest BCUT2D eigenvalue weighted by molar-refractivity contribution is 9.10. The number of halogens is 1. The molecule has 24 heavy (non-hydrogen) atoms. The van der Waals surface area contributed by atoms with Crippen LogP contribution in [-0.2, 0) is 14.8 Å². The quantitative estimate of drug-likeness (QED) is 0.774. The Hall–Kier alpha value is -0.920. The van der Waals surface area contributed by atoms with Crippen molar-refractivity contribution in [3.05, 3.63) is 34.3 Å². The van der Waals surface area contributed by atoms with Gasteiger partial charge in [-0.15, -0.1) is 0 Å². The normalized spacial score (nSPS) is 18.3. The molecular formula is C17H25BrN2O3S. The van der Waals surface area contributed by atoms with Crippen LogP contribution in [0.25, 0.3) is 0 Å². The van der Waals surface area contributed by atoms with Crippen molar-refractivity contribution in [2.45, 2.75) is 39.2 Å². The number of sulfonamides is 1. The van der Waals surface area contributed by atoms with Crippen molar-refractivity contribution in [3.63, 3.8) is 0 Å². The summed E-state index contributed by atoms with van der Waals surface area (Å²) in [6.45, 7) is 4.56. The Morgan fingerprint density at radius 1 is 1.25 bits per heavy atom. The van der Waals surface area contributed by atoms with E-state index in [1.165, 1.54) is 4.31 Å². The van der Waals surface area contributed by atoms with E-state index >= 15 is 0 Å². The first-order valence-corrected chi connectivity index (χ1v) is 10.8. The lowest BCUT2D eigenvalue weighted by Gasteiger charge is -2.31. The number of hydrogen-bond donors (Lipinski definition) is 1. The summed E-state index contributed by atoms with van der Waals surface area (Å²) in [6.07, 6.45) is 1.99. The first kappa shape index (κ1) is 19.4. The molecule has 5 nitrogen and oxygen atoms in total. The fourth-order valence-corrected chi connectivity index (χ4v) is 4.38. The second kappa shape index (κ2) is 8.45. The van der Waals surface area contributed by atoms with Crippen molar-refractivity contribution >= 4 is 31.9 Å². The Balaban J connectivity index is 1.94. The SMILES string of the molecule is CCC(NC(=O)C1CCN(S(=O)(=O)CC)CC1)c1ccc(Br)cc1. The predicted octanol–water partition coefficient (Wildman–Crippen LogP) is 3.08. The van der Waals surface area contributed by atoms with E-state index < -0.39 is 10.0 Å².